The number of anilines is 1. The lowest BCUT2D eigenvalue weighted by atomic mass is 10.2. The number of rotatable bonds is 3. The molecule has 0 aromatic heterocycles. The van der Waals surface area contributed by atoms with E-state index in [4.69, 9.17) is 16.7 Å². The van der Waals surface area contributed by atoms with E-state index in [-0.39, 0.29) is 10.6 Å². The summed E-state index contributed by atoms with van der Waals surface area (Å²) < 4.78 is 22.9. The molecule has 104 valence electrons. The Bertz CT molecular complexity index is 760. The molecule has 0 bridgehead atoms. The second-order valence-corrected chi connectivity index (χ2v) is 5.97. The molecule has 0 atom stereocenters. The van der Waals surface area contributed by atoms with Crippen LogP contribution in [0.1, 0.15) is 10.4 Å². The number of benzene rings is 2. The van der Waals surface area contributed by atoms with Crippen LogP contribution in [0.25, 0.3) is 0 Å². The van der Waals surface area contributed by atoms with E-state index in [1.165, 1.54) is 24.3 Å². The van der Waals surface area contributed by atoms with E-state index in [2.05, 4.69) is 5.32 Å². The van der Waals surface area contributed by atoms with Gasteiger partial charge in [0.15, 0.2) is 0 Å². The molecule has 0 aliphatic heterocycles. The van der Waals surface area contributed by atoms with Crippen molar-refractivity contribution in [1.82, 2.24) is 0 Å². The van der Waals surface area contributed by atoms with Gasteiger partial charge in [0.05, 0.1) is 5.69 Å². The van der Waals surface area contributed by atoms with E-state index < -0.39 is 15.9 Å². The van der Waals surface area contributed by atoms with Crippen LogP contribution >= 0.6 is 11.6 Å². The van der Waals surface area contributed by atoms with Crippen molar-refractivity contribution in [3.8, 4) is 0 Å². The highest BCUT2D eigenvalue weighted by Gasteiger charge is 2.15. The topological polar surface area (TPSA) is 89.3 Å². The second-order valence-electron chi connectivity index (χ2n) is 4.01. The Balaban J connectivity index is 2.34. The minimum absolute atomic E-state index is 0.125. The quantitative estimate of drug-likeness (QED) is 0.911. The molecule has 0 fully saturated rings. The maximum atomic E-state index is 12.0. The largest absolute Gasteiger partial charge is 0.321 e. The van der Waals surface area contributed by atoms with Gasteiger partial charge in [-0.2, -0.15) is 0 Å². The number of para-hydroxylation sites is 1. The maximum Gasteiger partial charge on any atom is 0.255 e. The number of carbonyl (C=O) groups excluding carboxylic acids is 1. The molecule has 20 heavy (non-hydrogen) atoms. The molecule has 2 aromatic rings. The van der Waals surface area contributed by atoms with Gasteiger partial charge in [-0.1, -0.05) is 29.8 Å². The van der Waals surface area contributed by atoms with Crippen molar-refractivity contribution in [2.75, 3.05) is 5.32 Å². The van der Waals surface area contributed by atoms with Crippen molar-refractivity contribution in [2.45, 2.75) is 4.90 Å². The summed E-state index contributed by atoms with van der Waals surface area (Å²) in [7, 11) is -3.91. The summed E-state index contributed by atoms with van der Waals surface area (Å²) in [5.74, 6) is -0.469. The zero-order valence-corrected chi connectivity index (χ0v) is 11.8. The normalized spacial score (nSPS) is 11.1. The summed E-state index contributed by atoms with van der Waals surface area (Å²) in [5, 5.41) is 8.01. The number of hydrogen-bond acceptors (Lipinski definition) is 3. The van der Waals surface area contributed by atoms with E-state index in [1.54, 1.807) is 24.3 Å². The van der Waals surface area contributed by atoms with Crippen LogP contribution in [-0.2, 0) is 10.0 Å². The van der Waals surface area contributed by atoms with Crippen molar-refractivity contribution >= 4 is 33.2 Å². The lowest BCUT2D eigenvalue weighted by molar-refractivity contribution is 0.102. The zero-order chi connectivity index (χ0) is 14.8. The van der Waals surface area contributed by atoms with Crippen LogP contribution in [0.3, 0.4) is 0 Å². The minimum Gasteiger partial charge on any atom is -0.321 e. The number of carbonyl (C=O) groups is 1. The molecule has 2 rings (SSSR count). The van der Waals surface area contributed by atoms with Crippen LogP contribution in [0, 0.1) is 0 Å². The number of sulfonamides is 1. The van der Waals surface area contributed by atoms with Gasteiger partial charge in [0.1, 0.15) is 4.90 Å². The summed E-state index contributed by atoms with van der Waals surface area (Å²) in [5.41, 5.74) is 0.446. The number of halogens is 1. The number of primary sulfonamides is 1. The summed E-state index contributed by atoms with van der Waals surface area (Å²) in [6, 6.07) is 12.2. The molecule has 5 nitrogen and oxygen atoms in total. The summed E-state index contributed by atoms with van der Waals surface area (Å²) in [4.78, 5) is 11.9. The predicted molar refractivity (Wildman–Crippen MR) is 77.2 cm³/mol. The van der Waals surface area contributed by atoms with Crippen LogP contribution in [0.2, 0.25) is 5.02 Å². The van der Waals surface area contributed by atoms with Crippen molar-refractivity contribution in [3.05, 3.63) is 59.1 Å². The highest BCUT2D eigenvalue weighted by atomic mass is 35.5. The first-order chi connectivity index (χ1) is 9.38. The van der Waals surface area contributed by atoms with E-state index >= 15 is 0 Å². The van der Waals surface area contributed by atoms with Crippen molar-refractivity contribution < 1.29 is 13.2 Å². The van der Waals surface area contributed by atoms with Gasteiger partial charge in [-0.25, -0.2) is 13.6 Å². The van der Waals surface area contributed by atoms with Gasteiger partial charge in [-0.15, -0.1) is 0 Å². The monoisotopic (exact) mass is 310 g/mol. The van der Waals surface area contributed by atoms with Gasteiger partial charge in [0.2, 0.25) is 10.0 Å². The fourth-order valence-corrected chi connectivity index (χ4v) is 2.53. The molecule has 1 amide bonds. The van der Waals surface area contributed by atoms with Gasteiger partial charge in [-0.3, -0.25) is 4.79 Å². The van der Waals surface area contributed by atoms with Crippen LogP contribution in [0.15, 0.2) is 53.4 Å². The Morgan fingerprint density at radius 3 is 2.45 bits per heavy atom. The maximum absolute atomic E-state index is 12.0. The van der Waals surface area contributed by atoms with Crippen molar-refractivity contribution in [1.29, 1.82) is 0 Å². The summed E-state index contributed by atoms with van der Waals surface area (Å²) >= 11 is 5.80. The average Bonchev–Trinajstić information content (AvgIpc) is 2.38. The molecule has 0 unspecified atom stereocenters. The first-order valence-electron chi connectivity index (χ1n) is 5.56. The molecule has 2 aromatic carbocycles. The van der Waals surface area contributed by atoms with E-state index in [9.17, 15) is 13.2 Å². The fourth-order valence-electron chi connectivity index (χ4n) is 1.64. The van der Waals surface area contributed by atoms with E-state index in [0.29, 0.717) is 10.6 Å². The summed E-state index contributed by atoms with van der Waals surface area (Å²) in [6.07, 6.45) is 0. The molecular weight excluding hydrogens is 300 g/mol. The lowest BCUT2D eigenvalue weighted by Crippen LogP contribution is -2.18. The average molecular weight is 311 g/mol. The van der Waals surface area contributed by atoms with Crippen LogP contribution in [0.5, 0.6) is 0 Å². The van der Waals surface area contributed by atoms with E-state index in [0.717, 1.165) is 0 Å². The number of nitrogens with one attached hydrogen (secondary N) is 1. The van der Waals surface area contributed by atoms with Gasteiger partial charge in [-0.05, 0) is 30.3 Å². The highest BCUT2D eigenvalue weighted by molar-refractivity contribution is 7.89. The molecule has 0 heterocycles. The Hall–Kier alpha value is -1.89. The molecule has 0 saturated carbocycles. The standard InChI is InChI=1S/C13H11ClN2O3S/c14-10-5-3-4-9(8-10)13(17)16-11-6-1-2-7-12(11)20(15,18)19/h1-8H,(H,16,17)(H2,15,18,19). The van der Waals surface area contributed by atoms with Crippen molar-refractivity contribution in [3.63, 3.8) is 0 Å². The molecule has 0 aliphatic rings. The lowest BCUT2D eigenvalue weighted by Gasteiger charge is -2.09. The molecule has 0 saturated heterocycles. The zero-order valence-electron chi connectivity index (χ0n) is 10.2. The Morgan fingerprint density at radius 1 is 1.10 bits per heavy atom. The highest BCUT2D eigenvalue weighted by Crippen LogP contribution is 2.20. The first kappa shape index (κ1) is 14.5. The van der Waals surface area contributed by atoms with Gasteiger partial charge >= 0.3 is 0 Å². The first-order valence-corrected chi connectivity index (χ1v) is 7.49. The molecule has 0 radical (unpaired) electrons. The van der Waals surface area contributed by atoms with Gasteiger partial charge < -0.3 is 5.32 Å². The SMILES string of the molecule is NS(=O)(=O)c1ccccc1NC(=O)c1cccc(Cl)c1. The van der Waals surface area contributed by atoms with Crippen LogP contribution in [-0.4, -0.2) is 14.3 Å². The summed E-state index contributed by atoms with van der Waals surface area (Å²) in [6.45, 7) is 0. The van der Waals surface area contributed by atoms with Gasteiger partial charge in [0, 0.05) is 10.6 Å². The smallest absolute Gasteiger partial charge is 0.255 e. The third-order valence-corrected chi connectivity index (χ3v) is 3.73. The van der Waals surface area contributed by atoms with Crippen LogP contribution in [0.4, 0.5) is 5.69 Å². The molecule has 3 N–H and O–H groups in total. The Morgan fingerprint density at radius 2 is 1.80 bits per heavy atom. The minimum atomic E-state index is -3.91. The molecule has 0 spiro atoms. The fraction of sp³-hybridized carbons (Fsp3) is 0. The van der Waals surface area contributed by atoms with Crippen molar-refractivity contribution in [2.24, 2.45) is 5.14 Å². The predicted octanol–water partition coefficient (Wildman–Crippen LogP) is 2.24. The molecular formula is C13H11ClN2O3S. The third kappa shape index (κ3) is 3.36. The van der Waals surface area contributed by atoms with Crippen LogP contribution < -0.4 is 10.5 Å². The number of amides is 1. The Kier molecular flexibility index (Phi) is 4.08. The molecule has 0 aliphatic carbocycles. The van der Waals surface area contributed by atoms with Gasteiger partial charge in [0.25, 0.3) is 5.91 Å². The second kappa shape index (κ2) is 5.62. The Labute approximate surface area is 121 Å². The number of nitrogens with two attached hydrogens (primary N) is 1. The third-order valence-electron chi connectivity index (χ3n) is 2.53. The van der Waals surface area contributed by atoms with E-state index in [1.807, 2.05) is 0 Å². The number of hydrogen-bond donors (Lipinski definition) is 2. The molecule has 7 heteroatoms.